The van der Waals surface area contributed by atoms with Gasteiger partial charge in [0, 0.05) is 16.3 Å². The van der Waals surface area contributed by atoms with Crippen LogP contribution < -0.4 is 11.5 Å². The van der Waals surface area contributed by atoms with E-state index >= 15 is 0 Å². The molecule has 0 spiro atoms. The van der Waals surface area contributed by atoms with Crippen molar-refractivity contribution in [3.8, 4) is 0 Å². The number of nitrogens with two attached hydrogens (primary N) is 2. The molecule has 0 amide bonds. The molecule has 2 nitrogen and oxygen atoms in total. The van der Waals surface area contributed by atoms with Crippen LogP contribution in [0.25, 0.3) is 0 Å². The van der Waals surface area contributed by atoms with Crippen molar-refractivity contribution < 1.29 is 0 Å². The Morgan fingerprint density at radius 3 is 2.42 bits per heavy atom. The van der Waals surface area contributed by atoms with Gasteiger partial charge in [-0.2, -0.15) is 0 Å². The molecule has 0 unspecified atom stereocenters. The fraction of sp³-hybridized carbons (Fsp3) is 0.250. The van der Waals surface area contributed by atoms with Gasteiger partial charge in [0.05, 0.1) is 0 Å². The summed E-state index contributed by atoms with van der Waals surface area (Å²) in [5, 5.41) is 0. The zero-order chi connectivity index (χ0) is 13.7. The minimum atomic E-state index is 0.825. The lowest BCUT2D eigenvalue weighted by molar-refractivity contribution is 0.933. The second-order valence-electron chi connectivity index (χ2n) is 4.73. The number of thioether (sulfide) groups is 1. The summed E-state index contributed by atoms with van der Waals surface area (Å²) >= 11 is 1.83. The summed E-state index contributed by atoms with van der Waals surface area (Å²) in [7, 11) is 0. The summed E-state index contributed by atoms with van der Waals surface area (Å²) in [5.74, 6) is 1.08. The van der Waals surface area contributed by atoms with Crippen LogP contribution in [0.1, 0.15) is 17.5 Å². The zero-order valence-corrected chi connectivity index (χ0v) is 12.0. The second kappa shape index (κ2) is 6.53. The zero-order valence-electron chi connectivity index (χ0n) is 11.2. The van der Waals surface area contributed by atoms with Crippen LogP contribution in [0.15, 0.2) is 47.4 Å². The van der Waals surface area contributed by atoms with Crippen molar-refractivity contribution >= 4 is 23.1 Å². The molecule has 2 aromatic carbocycles. The Morgan fingerprint density at radius 1 is 1.00 bits per heavy atom. The monoisotopic (exact) mass is 272 g/mol. The van der Waals surface area contributed by atoms with Crippen molar-refractivity contribution in [2.45, 2.75) is 24.7 Å². The smallest absolute Gasteiger partial charge is 0.0454 e. The van der Waals surface area contributed by atoms with Gasteiger partial charge in [-0.15, -0.1) is 11.8 Å². The van der Waals surface area contributed by atoms with Gasteiger partial charge in [0.15, 0.2) is 0 Å². The predicted molar refractivity (Wildman–Crippen MR) is 85.5 cm³/mol. The van der Waals surface area contributed by atoms with Gasteiger partial charge < -0.3 is 11.5 Å². The number of nitrogen functional groups attached to an aromatic ring is 2. The molecular formula is C16H20N2S. The summed E-state index contributed by atoms with van der Waals surface area (Å²) in [6.07, 6.45) is 2.22. The topological polar surface area (TPSA) is 52.0 Å². The molecule has 0 saturated carbocycles. The van der Waals surface area contributed by atoms with E-state index in [2.05, 4.69) is 31.2 Å². The fourth-order valence-corrected chi connectivity index (χ4v) is 2.84. The quantitative estimate of drug-likeness (QED) is 0.493. The molecule has 19 heavy (non-hydrogen) atoms. The molecule has 4 N–H and O–H groups in total. The molecule has 0 heterocycles. The van der Waals surface area contributed by atoms with Crippen LogP contribution in [-0.2, 0) is 6.42 Å². The normalized spacial score (nSPS) is 10.6. The Hall–Kier alpha value is -1.61. The van der Waals surface area contributed by atoms with Crippen molar-refractivity contribution in [1.29, 1.82) is 0 Å². The SMILES string of the molecule is Cc1ccc(SCCCc2ccc(N)cc2)c(N)c1. The lowest BCUT2D eigenvalue weighted by Crippen LogP contribution is -1.92. The average molecular weight is 272 g/mol. The van der Waals surface area contributed by atoms with Crippen LogP contribution in [0.4, 0.5) is 11.4 Å². The van der Waals surface area contributed by atoms with E-state index in [1.54, 1.807) is 0 Å². The standard InChI is InChI=1S/C16H20N2S/c1-12-4-9-16(15(18)11-12)19-10-2-3-13-5-7-14(17)8-6-13/h4-9,11H,2-3,10,17-18H2,1H3. The van der Waals surface area contributed by atoms with E-state index in [0.29, 0.717) is 0 Å². The van der Waals surface area contributed by atoms with E-state index in [-0.39, 0.29) is 0 Å². The highest BCUT2D eigenvalue weighted by Crippen LogP contribution is 2.26. The molecule has 0 aliphatic rings. The van der Waals surface area contributed by atoms with Crippen molar-refractivity contribution in [3.05, 3.63) is 53.6 Å². The number of rotatable bonds is 5. The third kappa shape index (κ3) is 4.21. The molecule has 0 aliphatic carbocycles. The molecule has 0 aliphatic heterocycles. The number of anilines is 2. The minimum Gasteiger partial charge on any atom is -0.399 e. The van der Waals surface area contributed by atoms with Gasteiger partial charge in [0.2, 0.25) is 0 Å². The summed E-state index contributed by atoms with van der Waals surface area (Å²) in [5.41, 5.74) is 15.9. The van der Waals surface area contributed by atoms with E-state index in [1.165, 1.54) is 16.0 Å². The van der Waals surface area contributed by atoms with Crippen molar-refractivity contribution in [1.82, 2.24) is 0 Å². The Morgan fingerprint density at radius 2 is 1.74 bits per heavy atom. The molecule has 0 fully saturated rings. The van der Waals surface area contributed by atoms with Crippen molar-refractivity contribution in [2.24, 2.45) is 0 Å². The van der Waals surface area contributed by atoms with E-state index in [4.69, 9.17) is 11.5 Å². The van der Waals surface area contributed by atoms with Gasteiger partial charge in [-0.25, -0.2) is 0 Å². The fourth-order valence-electron chi connectivity index (χ4n) is 1.94. The molecular weight excluding hydrogens is 252 g/mol. The predicted octanol–water partition coefficient (Wildman–Crippen LogP) is 3.88. The van der Waals surface area contributed by atoms with Crippen LogP contribution in [0.3, 0.4) is 0 Å². The molecule has 0 radical (unpaired) electrons. The van der Waals surface area contributed by atoms with Crippen molar-refractivity contribution in [3.63, 3.8) is 0 Å². The molecule has 2 aromatic rings. The van der Waals surface area contributed by atoms with E-state index in [1.807, 2.05) is 30.0 Å². The van der Waals surface area contributed by atoms with Gasteiger partial charge in [-0.05, 0) is 60.9 Å². The van der Waals surface area contributed by atoms with Gasteiger partial charge in [0.1, 0.15) is 0 Å². The van der Waals surface area contributed by atoms with E-state index in [9.17, 15) is 0 Å². The number of aryl methyl sites for hydroxylation is 2. The number of hydrogen-bond donors (Lipinski definition) is 2. The Labute approximate surface area is 119 Å². The first-order chi connectivity index (χ1) is 9.15. The molecule has 0 bridgehead atoms. The first-order valence-electron chi connectivity index (χ1n) is 6.48. The van der Waals surface area contributed by atoms with E-state index in [0.717, 1.165) is 30.0 Å². The third-order valence-corrected chi connectivity index (χ3v) is 4.19. The Balaban J connectivity index is 1.79. The first kappa shape index (κ1) is 13.8. The van der Waals surface area contributed by atoms with Gasteiger partial charge in [-0.3, -0.25) is 0 Å². The number of hydrogen-bond acceptors (Lipinski definition) is 3. The summed E-state index contributed by atoms with van der Waals surface area (Å²) < 4.78 is 0. The highest BCUT2D eigenvalue weighted by Gasteiger charge is 2.00. The molecule has 0 aromatic heterocycles. The maximum absolute atomic E-state index is 6.00. The molecule has 2 rings (SSSR count). The highest BCUT2D eigenvalue weighted by atomic mass is 32.2. The van der Waals surface area contributed by atoms with Gasteiger partial charge >= 0.3 is 0 Å². The molecule has 0 saturated heterocycles. The first-order valence-corrected chi connectivity index (χ1v) is 7.47. The van der Waals surface area contributed by atoms with Crippen molar-refractivity contribution in [2.75, 3.05) is 17.2 Å². The lowest BCUT2D eigenvalue weighted by atomic mass is 10.1. The van der Waals surface area contributed by atoms with Crippen LogP contribution in [0.2, 0.25) is 0 Å². The highest BCUT2D eigenvalue weighted by molar-refractivity contribution is 7.99. The average Bonchev–Trinajstić information content (AvgIpc) is 2.39. The lowest BCUT2D eigenvalue weighted by Gasteiger charge is -2.06. The Bertz CT molecular complexity index is 535. The van der Waals surface area contributed by atoms with Crippen LogP contribution in [0, 0.1) is 6.92 Å². The summed E-state index contributed by atoms with van der Waals surface area (Å²) in [6, 6.07) is 14.4. The number of benzene rings is 2. The van der Waals surface area contributed by atoms with Crippen LogP contribution in [0.5, 0.6) is 0 Å². The molecule has 3 heteroatoms. The largest absolute Gasteiger partial charge is 0.399 e. The van der Waals surface area contributed by atoms with Gasteiger partial charge in [-0.1, -0.05) is 18.2 Å². The summed E-state index contributed by atoms with van der Waals surface area (Å²) in [4.78, 5) is 1.18. The maximum atomic E-state index is 6.00. The minimum absolute atomic E-state index is 0.825. The van der Waals surface area contributed by atoms with Crippen LogP contribution in [-0.4, -0.2) is 5.75 Å². The van der Waals surface area contributed by atoms with E-state index < -0.39 is 0 Å². The maximum Gasteiger partial charge on any atom is 0.0454 e. The Kier molecular flexibility index (Phi) is 4.74. The van der Waals surface area contributed by atoms with Gasteiger partial charge in [0.25, 0.3) is 0 Å². The molecule has 0 atom stereocenters. The van der Waals surface area contributed by atoms with Crippen LogP contribution >= 0.6 is 11.8 Å². The molecule has 100 valence electrons. The second-order valence-corrected chi connectivity index (χ2v) is 5.87. The summed E-state index contributed by atoms with van der Waals surface area (Å²) in [6.45, 7) is 2.06. The third-order valence-electron chi connectivity index (χ3n) is 3.01.